The first-order valence-electron chi connectivity index (χ1n) is 8.40. The largest absolute Gasteiger partial charge is 0.490 e. The molecule has 0 aliphatic carbocycles. The Morgan fingerprint density at radius 1 is 1.12 bits per heavy atom. The maximum absolute atomic E-state index is 12.8. The third-order valence-corrected chi connectivity index (χ3v) is 3.89. The summed E-state index contributed by atoms with van der Waals surface area (Å²) in [4.78, 5) is 12.8. The van der Waals surface area contributed by atoms with Gasteiger partial charge in [0.15, 0.2) is 5.78 Å². The number of benzene rings is 2. The number of aromatic nitrogens is 2. The molecule has 0 unspecified atom stereocenters. The van der Waals surface area contributed by atoms with Crippen molar-refractivity contribution >= 4 is 5.78 Å². The van der Waals surface area contributed by atoms with E-state index in [0.29, 0.717) is 17.7 Å². The molecule has 25 heavy (non-hydrogen) atoms. The van der Waals surface area contributed by atoms with Crippen LogP contribution < -0.4 is 4.74 Å². The first kappa shape index (κ1) is 17.0. The molecular formula is C21H22N2O2. The summed E-state index contributed by atoms with van der Waals surface area (Å²) in [6, 6.07) is 15.5. The van der Waals surface area contributed by atoms with Crippen LogP contribution in [0.1, 0.15) is 29.8 Å². The standard InChI is InChI=1S/C21H22N2O2/c1-15(2)25-21-12-17(18-13-22-23(3)14-18)9-10-19(21)20(24)11-16-7-5-4-6-8-16/h4-10,12-15H,11H2,1-3H3. The summed E-state index contributed by atoms with van der Waals surface area (Å²) in [5.41, 5.74) is 3.60. The Kier molecular flexibility index (Phi) is 4.98. The van der Waals surface area contributed by atoms with Gasteiger partial charge in [0.25, 0.3) is 0 Å². The van der Waals surface area contributed by atoms with Crippen LogP contribution in [-0.4, -0.2) is 21.7 Å². The maximum atomic E-state index is 12.8. The quantitative estimate of drug-likeness (QED) is 0.631. The summed E-state index contributed by atoms with van der Waals surface area (Å²) in [6.07, 6.45) is 4.11. The van der Waals surface area contributed by atoms with Gasteiger partial charge in [-0.05, 0) is 37.1 Å². The van der Waals surface area contributed by atoms with Crippen LogP contribution in [-0.2, 0) is 13.5 Å². The average molecular weight is 334 g/mol. The molecule has 0 saturated carbocycles. The van der Waals surface area contributed by atoms with Crippen LogP contribution in [0, 0.1) is 0 Å². The third kappa shape index (κ3) is 4.15. The molecular weight excluding hydrogens is 312 g/mol. The van der Waals surface area contributed by atoms with E-state index < -0.39 is 0 Å². The highest BCUT2D eigenvalue weighted by atomic mass is 16.5. The van der Waals surface area contributed by atoms with Gasteiger partial charge in [0.05, 0.1) is 17.9 Å². The molecule has 1 heterocycles. The van der Waals surface area contributed by atoms with E-state index >= 15 is 0 Å². The summed E-state index contributed by atoms with van der Waals surface area (Å²) < 4.78 is 7.68. The zero-order valence-electron chi connectivity index (χ0n) is 14.8. The van der Waals surface area contributed by atoms with Crippen molar-refractivity contribution in [1.82, 2.24) is 9.78 Å². The minimum Gasteiger partial charge on any atom is -0.490 e. The van der Waals surface area contributed by atoms with E-state index in [0.717, 1.165) is 16.7 Å². The highest BCUT2D eigenvalue weighted by Crippen LogP contribution is 2.29. The first-order valence-corrected chi connectivity index (χ1v) is 8.40. The molecule has 0 aliphatic heterocycles. The molecule has 0 radical (unpaired) electrons. The highest BCUT2D eigenvalue weighted by Gasteiger charge is 2.16. The predicted molar refractivity (Wildman–Crippen MR) is 98.9 cm³/mol. The van der Waals surface area contributed by atoms with Crippen molar-refractivity contribution in [2.45, 2.75) is 26.4 Å². The fraction of sp³-hybridized carbons (Fsp3) is 0.238. The van der Waals surface area contributed by atoms with E-state index in [2.05, 4.69) is 5.10 Å². The Balaban J connectivity index is 1.93. The minimum absolute atomic E-state index is 0.00702. The number of hydrogen-bond acceptors (Lipinski definition) is 3. The second-order valence-electron chi connectivity index (χ2n) is 6.37. The van der Waals surface area contributed by atoms with Gasteiger partial charge in [-0.25, -0.2) is 0 Å². The molecule has 0 N–H and O–H groups in total. The Morgan fingerprint density at radius 3 is 2.52 bits per heavy atom. The van der Waals surface area contributed by atoms with Crippen LogP contribution in [0.2, 0.25) is 0 Å². The van der Waals surface area contributed by atoms with Crippen LogP contribution in [0.3, 0.4) is 0 Å². The molecule has 3 aromatic rings. The fourth-order valence-electron chi connectivity index (χ4n) is 2.73. The molecule has 0 bridgehead atoms. The molecule has 0 amide bonds. The van der Waals surface area contributed by atoms with E-state index in [-0.39, 0.29) is 11.9 Å². The molecule has 4 heteroatoms. The molecule has 0 fully saturated rings. The van der Waals surface area contributed by atoms with E-state index in [4.69, 9.17) is 4.74 Å². The van der Waals surface area contributed by atoms with Gasteiger partial charge in [0.2, 0.25) is 0 Å². The van der Waals surface area contributed by atoms with Crippen LogP contribution in [0.25, 0.3) is 11.1 Å². The number of nitrogens with zero attached hydrogens (tertiary/aromatic N) is 2. The summed E-state index contributed by atoms with van der Waals surface area (Å²) >= 11 is 0. The number of rotatable bonds is 6. The number of Topliss-reactive ketones (excluding diaryl/α,β-unsaturated/α-hetero) is 1. The second kappa shape index (κ2) is 7.34. The zero-order chi connectivity index (χ0) is 17.8. The van der Waals surface area contributed by atoms with Gasteiger partial charge in [-0.2, -0.15) is 5.10 Å². The van der Waals surface area contributed by atoms with Crippen LogP contribution >= 0.6 is 0 Å². The third-order valence-electron chi connectivity index (χ3n) is 3.89. The van der Waals surface area contributed by atoms with E-state index in [1.54, 1.807) is 10.9 Å². The Morgan fingerprint density at radius 2 is 1.88 bits per heavy atom. The molecule has 0 saturated heterocycles. The van der Waals surface area contributed by atoms with Crippen molar-refractivity contribution in [2.75, 3.05) is 0 Å². The molecule has 0 spiro atoms. The van der Waals surface area contributed by atoms with Crippen molar-refractivity contribution in [3.63, 3.8) is 0 Å². The Labute approximate surface area is 148 Å². The molecule has 4 nitrogen and oxygen atoms in total. The summed E-state index contributed by atoms with van der Waals surface area (Å²) in [5.74, 6) is 0.678. The monoisotopic (exact) mass is 334 g/mol. The van der Waals surface area contributed by atoms with E-state index in [1.165, 1.54) is 0 Å². The second-order valence-corrected chi connectivity index (χ2v) is 6.37. The molecule has 0 aliphatic rings. The van der Waals surface area contributed by atoms with Gasteiger partial charge in [0, 0.05) is 25.2 Å². The smallest absolute Gasteiger partial charge is 0.170 e. The molecule has 2 aromatic carbocycles. The summed E-state index contributed by atoms with van der Waals surface area (Å²) in [5, 5.41) is 4.21. The summed E-state index contributed by atoms with van der Waals surface area (Å²) in [7, 11) is 1.88. The van der Waals surface area contributed by atoms with Crippen molar-refractivity contribution in [3.8, 4) is 16.9 Å². The lowest BCUT2D eigenvalue weighted by atomic mass is 9.99. The molecule has 128 valence electrons. The zero-order valence-corrected chi connectivity index (χ0v) is 14.8. The topological polar surface area (TPSA) is 44.1 Å². The lowest BCUT2D eigenvalue weighted by Gasteiger charge is -2.15. The van der Waals surface area contributed by atoms with Gasteiger partial charge >= 0.3 is 0 Å². The minimum atomic E-state index is -0.00702. The number of ketones is 1. The highest BCUT2D eigenvalue weighted by molar-refractivity contribution is 6.00. The van der Waals surface area contributed by atoms with Gasteiger partial charge in [-0.3, -0.25) is 9.48 Å². The van der Waals surface area contributed by atoms with E-state index in [1.807, 2.05) is 75.6 Å². The molecule has 1 aromatic heterocycles. The molecule has 3 rings (SSSR count). The predicted octanol–water partition coefficient (Wildman–Crippen LogP) is 4.30. The average Bonchev–Trinajstić information content (AvgIpc) is 3.01. The fourth-order valence-corrected chi connectivity index (χ4v) is 2.73. The van der Waals surface area contributed by atoms with Gasteiger partial charge in [-0.15, -0.1) is 0 Å². The Bertz CT molecular complexity index is 867. The van der Waals surface area contributed by atoms with Crippen LogP contribution in [0.4, 0.5) is 0 Å². The number of carbonyl (C=O) groups excluding carboxylic acids is 1. The maximum Gasteiger partial charge on any atom is 0.170 e. The number of hydrogen-bond donors (Lipinski definition) is 0. The van der Waals surface area contributed by atoms with Crippen molar-refractivity contribution in [3.05, 3.63) is 72.1 Å². The van der Waals surface area contributed by atoms with Gasteiger partial charge in [-0.1, -0.05) is 36.4 Å². The van der Waals surface area contributed by atoms with Crippen molar-refractivity contribution < 1.29 is 9.53 Å². The van der Waals surface area contributed by atoms with Gasteiger partial charge in [0.1, 0.15) is 5.75 Å². The SMILES string of the molecule is CC(C)Oc1cc(-c2cnn(C)c2)ccc1C(=O)Cc1ccccc1. The van der Waals surface area contributed by atoms with Crippen LogP contribution in [0.15, 0.2) is 60.9 Å². The number of aryl methyl sites for hydroxylation is 1. The van der Waals surface area contributed by atoms with Crippen LogP contribution in [0.5, 0.6) is 5.75 Å². The normalized spacial score (nSPS) is 10.9. The van der Waals surface area contributed by atoms with Gasteiger partial charge < -0.3 is 4.74 Å². The van der Waals surface area contributed by atoms with E-state index in [9.17, 15) is 4.79 Å². The number of ether oxygens (including phenoxy) is 1. The summed E-state index contributed by atoms with van der Waals surface area (Å²) in [6.45, 7) is 3.92. The molecule has 0 atom stereocenters. The number of carbonyl (C=O) groups is 1. The van der Waals surface area contributed by atoms with Crippen molar-refractivity contribution in [1.29, 1.82) is 0 Å². The van der Waals surface area contributed by atoms with Crippen molar-refractivity contribution in [2.24, 2.45) is 7.05 Å². The lowest BCUT2D eigenvalue weighted by molar-refractivity contribution is 0.0987. The lowest BCUT2D eigenvalue weighted by Crippen LogP contribution is -2.11. The Hall–Kier alpha value is -2.88. The first-order chi connectivity index (χ1) is 12.0.